The Labute approximate surface area is 97.3 Å². The van der Waals surface area contributed by atoms with Crippen LogP contribution < -0.4 is 0 Å². The highest BCUT2D eigenvalue weighted by atomic mass is 16.4. The molecule has 0 aromatic carbocycles. The normalized spacial score (nSPS) is 26.0. The third kappa shape index (κ3) is 1.26. The second-order valence-corrected chi connectivity index (χ2v) is 4.96. The average molecular weight is 232 g/mol. The summed E-state index contributed by atoms with van der Waals surface area (Å²) >= 11 is 0. The number of fused-ring (bicyclic) bond motifs is 1. The first-order chi connectivity index (χ1) is 8.03. The number of rotatable bonds is 2. The number of carboxylic acids is 1. The molecule has 1 saturated carbocycles. The molecule has 0 saturated heterocycles. The number of nitrogens with zero attached hydrogens (tertiary/aromatic N) is 4. The van der Waals surface area contributed by atoms with Gasteiger partial charge in [-0.15, -0.1) is 10.2 Å². The fourth-order valence-corrected chi connectivity index (χ4v) is 2.55. The van der Waals surface area contributed by atoms with E-state index in [1.165, 1.54) is 0 Å². The Balaban J connectivity index is 2.09. The van der Waals surface area contributed by atoms with Gasteiger partial charge >= 0.3 is 5.97 Å². The summed E-state index contributed by atoms with van der Waals surface area (Å²) in [6, 6.07) is 1.78. The van der Waals surface area contributed by atoms with E-state index in [-0.39, 0.29) is 11.3 Å². The zero-order valence-corrected chi connectivity index (χ0v) is 9.53. The van der Waals surface area contributed by atoms with Crippen LogP contribution in [0.3, 0.4) is 0 Å². The summed E-state index contributed by atoms with van der Waals surface area (Å²) in [5.74, 6) is -0.0743. The quantitative estimate of drug-likeness (QED) is 0.833. The van der Waals surface area contributed by atoms with Crippen molar-refractivity contribution in [3.05, 3.63) is 24.3 Å². The van der Waals surface area contributed by atoms with Gasteiger partial charge in [0.25, 0.3) is 5.78 Å². The van der Waals surface area contributed by atoms with Gasteiger partial charge in [-0.25, -0.2) is 4.98 Å². The highest BCUT2D eigenvalue weighted by molar-refractivity contribution is 5.77. The van der Waals surface area contributed by atoms with Crippen LogP contribution in [0.4, 0.5) is 0 Å². The van der Waals surface area contributed by atoms with E-state index in [0.29, 0.717) is 11.6 Å². The van der Waals surface area contributed by atoms with Crippen LogP contribution in [0.1, 0.15) is 25.6 Å². The first kappa shape index (κ1) is 10.2. The largest absolute Gasteiger partial charge is 0.481 e. The SMILES string of the molecule is CC1(C)C(C(=O)O)C1c1nnc2ncccn12. The molecule has 2 heterocycles. The fourth-order valence-electron chi connectivity index (χ4n) is 2.55. The van der Waals surface area contributed by atoms with Crippen LogP contribution in [0.15, 0.2) is 18.5 Å². The maximum atomic E-state index is 11.1. The lowest BCUT2D eigenvalue weighted by Gasteiger charge is -1.99. The molecule has 6 nitrogen and oxygen atoms in total. The van der Waals surface area contributed by atoms with Crippen LogP contribution in [-0.2, 0) is 4.79 Å². The number of carboxylic acid groups (broad SMARTS) is 1. The lowest BCUT2D eigenvalue weighted by molar-refractivity contribution is -0.139. The Morgan fingerprint density at radius 3 is 2.88 bits per heavy atom. The van der Waals surface area contributed by atoms with Crippen LogP contribution in [0, 0.1) is 11.3 Å². The van der Waals surface area contributed by atoms with E-state index in [0.717, 1.165) is 0 Å². The molecule has 88 valence electrons. The third-order valence-electron chi connectivity index (χ3n) is 3.59. The highest BCUT2D eigenvalue weighted by Gasteiger charge is 2.64. The van der Waals surface area contributed by atoms with E-state index in [1.807, 2.05) is 20.0 Å². The van der Waals surface area contributed by atoms with Crippen molar-refractivity contribution in [3.63, 3.8) is 0 Å². The molecule has 2 atom stereocenters. The third-order valence-corrected chi connectivity index (χ3v) is 3.59. The van der Waals surface area contributed by atoms with Crippen molar-refractivity contribution in [2.75, 3.05) is 0 Å². The molecule has 0 amide bonds. The van der Waals surface area contributed by atoms with Gasteiger partial charge in [-0.2, -0.15) is 0 Å². The molecule has 2 aromatic heterocycles. The predicted octanol–water partition coefficient (Wildman–Crippen LogP) is 0.949. The summed E-state index contributed by atoms with van der Waals surface area (Å²) in [6.07, 6.45) is 3.45. The Morgan fingerprint density at radius 2 is 2.24 bits per heavy atom. The molecular weight excluding hydrogens is 220 g/mol. The van der Waals surface area contributed by atoms with E-state index < -0.39 is 11.9 Å². The lowest BCUT2D eigenvalue weighted by Crippen LogP contribution is -2.03. The smallest absolute Gasteiger partial charge is 0.307 e. The number of aliphatic carboxylic acids is 1. The van der Waals surface area contributed by atoms with Crippen molar-refractivity contribution in [3.8, 4) is 0 Å². The summed E-state index contributed by atoms with van der Waals surface area (Å²) in [4.78, 5) is 15.2. The Morgan fingerprint density at radius 1 is 1.47 bits per heavy atom. The van der Waals surface area contributed by atoms with Gasteiger partial charge in [-0.1, -0.05) is 13.8 Å². The number of hydrogen-bond donors (Lipinski definition) is 1. The highest BCUT2D eigenvalue weighted by Crippen LogP contribution is 2.63. The Bertz CT molecular complexity index is 604. The zero-order valence-electron chi connectivity index (χ0n) is 9.53. The topological polar surface area (TPSA) is 80.4 Å². The zero-order chi connectivity index (χ0) is 12.2. The summed E-state index contributed by atoms with van der Waals surface area (Å²) in [5, 5.41) is 17.2. The van der Waals surface area contributed by atoms with Crippen molar-refractivity contribution >= 4 is 11.7 Å². The van der Waals surface area contributed by atoms with Gasteiger partial charge in [0.05, 0.1) is 5.92 Å². The van der Waals surface area contributed by atoms with Crippen LogP contribution in [0.5, 0.6) is 0 Å². The van der Waals surface area contributed by atoms with Gasteiger partial charge in [-0.05, 0) is 11.5 Å². The monoisotopic (exact) mass is 232 g/mol. The molecule has 17 heavy (non-hydrogen) atoms. The minimum absolute atomic E-state index is 0.0980. The maximum absolute atomic E-state index is 11.1. The van der Waals surface area contributed by atoms with Crippen molar-refractivity contribution in [1.29, 1.82) is 0 Å². The fraction of sp³-hybridized carbons (Fsp3) is 0.455. The molecule has 0 spiro atoms. The second kappa shape index (κ2) is 3.03. The first-order valence-electron chi connectivity index (χ1n) is 5.42. The Hall–Kier alpha value is -1.98. The number of aromatic nitrogens is 4. The van der Waals surface area contributed by atoms with Crippen LogP contribution in [0.2, 0.25) is 0 Å². The van der Waals surface area contributed by atoms with E-state index in [9.17, 15) is 4.79 Å². The standard InChI is InChI=1S/C11H12N4O2/c1-11(2)6(7(11)9(16)17)8-13-14-10-12-4-3-5-15(8)10/h3-7H,1-2H3,(H,16,17). The maximum Gasteiger partial charge on any atom is 0.307 e. The van der Waals surface area contributed by atoms with Crippen molar-refractivity contribution in [1.82, 2.24) is 19.6 Å². The van der Waals surface area contributed by atoms with Crippen LogP contribution in [-0.4, -0.2) is 30.7 Å². The van der Waals surface area contributed by atoms with Gasteiger partial charge in [0.15, 0.2) is 0 Å². The van der Waals surface area contributed by atoms with Gasteiger partial charge in [0.2, 0.25) is 0 Å². The molecule has 0 aliphatic heterocycles. The molecule has 1 fully saturated rings. The van der Waals surface area contributed by atoms with E-state index >= 15 is 0 Å². The summed E-state index contributed by atoms with van der Waals surface area (Å²) in [6.45, 7) is 3.88. The first-order valence-corrected chi connectivity index (χ1v) is 5.42. The van der Waals surface area contributed by atoms with Gasteiger partial charge in [0.1, 0.15) is 5.82 Å². The molecule has 0 radical (unpaired) electrons. The van der Waals surface area contributed by atoms with E-state index in [2.05, 4.69) is 15.2 Å². The van der Waals surface area contributed by atoms with Crippen molar-refractivity contribution in [2.45, 2.75) is 19.8 Å². The van der Waals surface area contributed by atoms with Crippen LogP contribution >= 0.6 is 0 Å². The number of carbonyl (C=O) groups is 1. The molecule has 1 N–H and O–H groups in total. The van der Waals surface area contributed by atoms with E-state index in [4.69, 9.17) is 5.11 Å². The minimum Gasteiger partial charge on any atom is -0.481 e. The Kier molecular flexibility index (Phi) is 1.81. The minimum atomic E-state index is -0.777. The lowest BCUT2D eigenvalue weighted by atomic mass is 10.1. The van der Waals surface area contributed by atoms with Gasteiger partial charge in [-0.3, -0.25) is 9.20 Å². The molecule has 1 aliphatic rings. The van der Waals surface area contributed by atoms with Crippen molar-refractivity contribution in [2.24, 2.45) is 11.3 Å². The van der Waals surface area contributed by atoms with Gasteiger partial charge < -0.3 is 5.11 Å². The van der Waals surface area contributed by atoms with Crippen LogP contribution in [0.25, 0.3) is 5.78 Å². The molecule has 6 heteroatoms. The van der Waals surface area contributed by atoms with Gasteiger partial charge in [0, 0.05) is 18.3 Å². The predicted molar refractivity (Wildman–Crippen MR) is 58.4 cm³/mol. The molecule has 0 bridgehead atoms. The second-order valence-electron chi connectivity index (χ2n) is 4.96. The average Bonchev–Trinajstić information content (AvgIpc) is 2.68. The number of hydrogen-bond acceptors (Lipinski definition) is 4. The summed E-state index contributed by atoms with van der Waals surface area (Å²) < 4.78 is 1.76. The van der Waals surface area contributed by atoms with E-state index in [1.54, 1.807) is 16.7 Å². The summed E-state index contributed by atoms with van der Waals surface area (Å²) in [7, 11) is 0. The molecule has 2 unspecified atom stereocenters. The molecule has 2 aromatic rings. The van der Waals surface area contributed by atoms with Crippen molar-refractivity contribution < 1.29 is 9.90 Å². The summed E-state index contributed by atoms with van der Waals surface area (Å²) in [5.41, 5.74) is -0.273. The molecule has 1 aliphatic carbocycles. The molecular formula is C11H12N4O2. The molecule has 3 rings (SSSR count).